The number of nitriles is 1. The van der Waals surface area contributed by atoms with Crippen LogP contribution in [0.25, 0.3) is 0 Å². The molecule has 5 nitrogen and oxygen atoms in total. The van der Waals surface area contributed by atoms with Gasteiger partial charge in [-0.2, -0.15) is 0 Å². The third kappa shape index (κ3) is 0.977. The summed E-state index contributed by atoms with van der Waals surface area (Å²) in [5, 5.41) is 10.3. The summed E-state index contributed by atoms with van der Waals surface area (Å²) in [6.07, 6.45) is 4.52. The summed E-state index contributed by atoms with van der Waals surface area (Å²) in [7, 11) is 0. The molecule has 1 rings (SSSR count). The van der Waals surface area contributed by atoms with E-state index in [2.05, 4.69) is 15.3 Å². The summed E-state index contributed by atoms with van der Waals surface area (Å²) in [6.45, 7) is 0. The molecule has 0 aliphatic rings. The number of imidazole rings is 1. The zero-order chi connectivity index (χ0) is 7.40. The molecule has 1 aromatic rings. The normalized spacial score (nSPS) is 7.80. The zero-order valence-corrected chi connectivity index (χ0v) is 4.88. The van der Waals surface area contributed by atoms with Crippen molar-refractivity contribution in [2.24, 2.45) is 0 Å². The van der Waals surface area contributed by atoms with E-state index in [1.807, 2.05) is 0 Å². The molecule has 0 fully saturated rings. The van der Waals surface area contributed by atoms with Crippen LogP contribution in [-0.4, -0.2) is 9.97 Å². The van der Waals surface area contributed by atoms with Gasteiger partial charge in [-0.25, -0.2) is 0 Å². The first kappa shape index (κ1) is 6.36. The van der Waals surface area contributed by atoms with E-state index >= 15 is 0 Å². The quantitative estimate of drug-likeness (QED) is 0.324. The number of rotatable bonds is 1. The van der Waals surface area contributed by atoms with Gasteiger partial charge < -0.3 is 0 Å². The molecule has 2 N–H and O–H groups in total. The van der Waals surface area contributed by atoms with Crippen molar-refractivity contribution in [2.75, 3.05) is 5.32 Å². The van der Waals surface area contributed by atoms with Crippen molar-refractivity contribution in [2.45, 2.75) is 0 Å². The Morgan fingerprint density at radius 3 is 3.20 bits per heavy atom. The van der Waals surface area contributed by atoms with Gasteiger partial charge in [0.2, 0.25) is 0 Å². The van der Waals surface area contributed by atoms with Crippen LogP contribution in [0.15, 0.2) is 6.33 Å². The van der Waals surface area contributed by atoms with E-state index in [0.717, 1.165) is 0 Å². The summed E-state index contributed by atoms with van der Waals surface area (Å²) in [6, 6.07) is 0. The van der Waals surface area contributed by atoms with E-state index < -0.39 is 0 Å². The Morgan fingerprint density at radius 2 is 2.60 bits per heavy atom. The number of aromatic amines is 1. The first-order valence-electron chi connectivity index (χ1n) is 2.45. The van der Waals surface area contributed by atoms with Crippen LogP contribution in [0.3, 0.4) is 0 Å². The molecule has 0 aromatic carbocycles. The van der Waals surface area contributed by atoms with Gasteiger partial charge in [0.05, 0.1) is 0 Å². The molecule has 1 aromatic heterocycles. The van der Waals surface area contributed by atoms with Gasteiger partial charge in [-0.15, -0.1) is 0 Å². The van der Waals surface area contributed by atoms with Crippen LogP contribution in [0.1, 0.15) is 5.69 Å². The van der Waals surface area contributed by atoms with E-state index in [4.69, 9.17) is 5.26 Å². The fourth-order valence-electron chi connectivity index (χ4n) is 0.520. The number of hydrogen-bond acceptors (Lipinski definition) is 3. The van der Waals surface area contributed by atoms with Crippen LogP contribution < -0.4 is 5.32 Å². The topological polar surface area (TPSA) is 84.4 Å². The fraction of sp³-hybridized carbons (Fsp3) is 0. The van der Waals surface area contributed by atoms with Gasteiger partial charge in [-0.1, -0.05) is 0 Å². The van der Waals surface area contributed by atoms with E-state index in [-0.39, 0.29) is 11.5 Å². The first-order valence-corrected chi connectivity index (χ1v) is 2.45. The molecule has 0 bridgehead atoms. The molecule has 0 amide bonds. The summed E-state index contributed by atoms with van der Waals surface area (Å²) in [4.78, 5) is 6.12. The Morgan fingerprint density at radius 1 is 1.80 bits per heavy atom. The average Bonchev–Trinajstić information content (AvgIpc) is 2.36. The van der Waals surface area contributed by atoms with E-state index in [1.54, 1.807) is 12.3 Å². The Bertz CT molecular complexity index is 302. The van der Waals surface area contributed by atoms with Gasteiger partial charge in [0, 0.05) is 0 Å². The number of hydrogen-bond donors (Lipinski definition) is 2. The second-order valence-electron chi connectivity index (χ2n) is 1.47. The standard InChI is InChI=1S/C5H3N4O/c6-2-7-5-4(1-10)8-3-9-5/h3,7H,(H,8,9)/q+1. The molecular formula is C5H3N4O+. The molecule has 5 heteroatoms. The minimum absolute atomic E-state index is 0.154. The van der Waals surface area contributed by atoms with Crippen molar-refractivity contribution < 1.29 is 4.65 Å². The van der Waals surface area contributed by atoms with Crippen molar-refractivity contribution in [3.05, 3.63) is 12.0 Å². The number of nitrogens with zero attached hydrogens (tertiary/aromatic N) is 2. The molecule has 10 heavy (non-hydrogen) atoms. The summed E-state index contributed by atoms with van der Waals surface area (Å²) >= 11 is 0. The Balaban J connectivity index is 2.96. The van der Waals surface area contributed by atoms with Crippen molar-refractivity contribution in [1.29, 1.82) is 5.26 Å². The summed E-state index contributed by atoms with van der Waals surface area (Å²) in [5.74, 6) is 0.206. The van der Waals surface area contributed by atoms with E-state index in [9.17, 15) is 4.65 Å². The monoisotopic (exact) mass is 135 g/mol. The average molecular weight is 135 g/mol. The molecule has 0 aliphatic heterocycles. The van der Waals surface area contributed by atoms with Gasteiger partial charge in [0.1, 0.15) is 0 Å². The minimum atomic E-state index is 0.154. The van der Waals surface area contributed by atoms with Crippen LogP contribution in [-0.2, 0) is 4.65 Å². The Kier molecular flexibility index (Phi) is 1.71. The van der Waals surface area contributed by atoms with Crippen LogP contribution in [0.4, 0.5) is 5.82 Å². The third-order valence-corrected chi connectivity index (χ3v) is 0.916. The SMILES string of the molecule is N#CNc1nc[nH]c1C#[O+]. The molecule has 0 radical (unpaired) electrons. The number of nitrogens with one attached hydrogen (secondary N) is 2. The molecule has 0 saturated carbocycles. The second-order valence-corrected chi connectivity index (χ2v) is 1.47. The zero-order valence-electron chi connectivity index (χ0n) is 4.88. The Labute approximate surface area is 56.4 Å². The van der Waals surface area contributed by atoms with Crippen LogP contribution in [0, 0.1) is 17.6 Å². The second kappa shape index (κ2) is 2.69. The van der Waals surface area contributed by atoms with Gasteiger partial charge in [-0.3, -0.25) is 0 Å². The van der Waals surface area contributed by atoms with Gasteiger partial charge >= 0.3 is 55.4 Å². The molecule has 1 heterocycles. The van der Waals surface area contributed by atoms with E-state index in [1.165, 1.54) is 6.33 Å². The van der Waals surface area contributed by atoms with Gasteiger partial charge in [0.15, 0.2) is 0 Å². The van der Waals surface area contributed by atoms with Crippen LogP contribution in [0.5, 0.6) is 0 Å². The van der Waals surface area contributed by atoms with Crippen LogP contribution in [0.2, 0.25) is 0 Å². The maximum atomic E-state index is 10.0. The van der Waals surface area contributed by atoms with E-state index in [0.29, 0.717) is 0 Å². The fourth-order valence-corrected chi connectivity index (χ4v) is 0.520. The Hall–Kier alpha value is -1.76. The van der Waals surface area contributed by atoms with Crippen molar-refractivity contribution in [1.82, 2.24) is 9.97 Å². The number of anilines is 1. The first-order chi connectivity index (χ1) is 4.88. The van der Waals surface area contributed by atoms with Crippen LogP contribution >= 0.6 is 0 Å². The van der Waals surface area contributed by atoms with Gasteiger partial charge in [0.25, 0.3) is 0 Å². The summed E-state index contributed by atoms with van der Waals surface area (Å²) < 4.78 is 10.0. The molecule has 0 spiro atoms. The van der Waals surface area contributed by atoms with Crippen molar-refractivity contribution >= 4 is 5.82 Å². The predicted octanol–water partition coefficient (Wildman–Crippen LogP) is 0.0405. The van der Waals surface area contributed by atoms with Gasteiger partial charge in [-0.05, 0) is 0 Å². The molecule has 48 valence electrons. The maximum absolute atomic E-state index is 10.0. The molecular weight excluding hydrogens is 132 g/mol. The number of H-pyrrole nitrogens is 1. The predicted molar refractivity (Wildman–Crippen MR) is 31.5 cm³/mol. The molecule has 0 unspecified atom stereocenters. The molecule has 0 atom stereocenters. The third-order valence-electron chi connectivity index (χ3n) is 0.916. The van der Waals surface area contributed by atoms with Crippen molar-refractivity contribution in [3.8, 4) is 12.3 Å². The van der Waals surface area contributed by atoms with Crippen molar-refractivity contribution in [3.63, 3.8) is 0 Å². The molecule has 0 saturated heterocycles. The summed E-state index contributed by atoms with van der Waals surface area (Å²) in [5.41, 5.74) is 0.154. The number of aromatic nitrogens is 2. The molecule has 0 aliphatic carbocycles.